The van der Waals surface area contributed by atoms with Crippen molar-refractivity contribution in [2.75, 3.05) is 0 Å². The fourth-order valence-corrected chi connectivity index (χ4v) is 2.74. The third-order valence-electron chi connectivity index (χ3n) is 2.87. The van der Waals surface area contributed by atoms with Crippen molar-refractivity contribution in [3.8, 4) is 0 Å². The van der Waals surface area contributed by atoms with Crippen molar-refractivity contribution < 1.29 is 4.79 Å². The molecule has 0 bridgehead atoms. The number of Topliss-reactive ketones (excluding diaryl/α,β-unsaturated/α-hetero) is 1. The minimum atomic E-state index is 0.349. The van der Waals surface area contributed by atoms with Gasteiger partial charge in [-0.25, -0.2) is 0 Å². The minimum Gasteiger partial charge on any atom is -0.293 e. The molecule has 0 amide bonds. The maximum absolute atomic E-state index is 11.9. The number of thiophene rings is 1. The van der Waals surface area contributed by atoms with E-state index in [-0.39, 0.29) is 0 Å². The van der Waals surface area contributed by atoms with Gasteiger partial charge in [0.2, 0.25) is 0 Å². The maximum atomic E-state index is 11.9. The van der Waals surface area contributed by atoms with Gasteiger partial charge in [0.25, 0.3) is 0 Å². The molecule has 2 heteroatoms. The first kappa shape index (κ1) is 8.95. The summed E-state index contributed by atoms with van der Waals surface area (Å²) in [6.45, 7) is 4.19. The lowest BCUT2D eigenvalue weighted by molar-refractivity contribution is 0.0964. The van der Waals surface area contributed by atoms with Crippen molar-refractivity contribution in [1.29, 1.82) is 0 Å². The van der Waals surface area contributed by atoms with Gasteiger partial charge >= 0.3 is 0 Å². The lowest BCUT2D eigenvalue weighted by Crippen LogP contribution is -2.02. The summed E-state index contributed by atoms with van der Waals surface area (Å²) in [5, 5.41) is 2.01. The Labute approximate surface area is 82.8 Å². The van der Waals surface area contributed by atoms with Gasteiger partial charge in [-0.2, -0.15) is 0 Å². The van der Waals surface area contributed by atoms with Crippen molar-refractivity contribution in [2.45, 2.75) is 26.7 Å². The minimum absolute atomic E-state index is 0.349. The summed E-state index contributed by atoms with van der Waals surface area (Å²) in [7, 11) is 0. The smallest absolute Gasteiger partial charge is 0.176 e. The first-order chi connectivity index (χ1) is 6.24. The van der Waals surface area contributed by atoms with Gasteiger partial charge in [-0.1, -0.05) is 13.3 Å². The molecule has 1 aromatic heterocycles. The van der Waals surface area contributed by atoms with Crippen molar-refractivity contribution in [2.24, 2.45) is 11.8 Å². The van der Waals surface area contributed by atoms with Crippen molar-refractivity contribution in [3.63, 3.8) is 0 Å². The molecule has 0 spiro atoms. The average Bonchev–Trinajstić information content (AvgIpc) is 2.80. The molecule has 70 valence electrons. The fraction of sp³-hybridized carbons (Fsp3) is 0.545. The van der Waals surface area contributed by atoms with Gasteiger partial charge in [0.15, 0.2) is 5.78 Å². The van der Waals surface area contributed by atoms with Crippen molar-refractivity contribution in [1.82, 2.24) is 0 Å². The molecule has 13 heavy (non-hydrogen) atoms. The van der Waals surface area contributed by atoms with E-state index < -0.39 is 0 Å². The zero-order chi connectivity index (χ0) is 9.42. The molecule has 1 fully saturated rings. The Morgan fingerprint density at radius 2 is 2.46 bits per heavy atom. The highest BCUT2D eigenvalue weighted by molar-refractivity contribution is 7.12. The second-order valence-corrected chi connectivity index (χ2v) is 4.72. The molecule has 0 N–H and O–H groups in total. The van der Waals surface area contributed by atoms with Gasteiger partial charge in [-0.15, -0.1) is 11.3 Å². The topological polar surface area (TPSA) is 17.1 Å². The van der Waals surface area contributed by atoms with Crippen LogP contribution in [0.2, 0.25) is 0 Å². The molecular formula is C11H14OS. The molecule has 1 saturated carbocycles. The molecule has 1 aromatic rings. The van der Waals surface area contributed by atoms with Crippen LogP contribution in [0.15, 0.2) is 11.4 Å². The van der Waals surface area contributed by atoms with Gasteiger partial charge in [0.1, 0.15) is 0 Å². The molecular weight excluding hydrogens is 180 g/mol. The number of ketones is 1. The van der Waals surface area contributed by atoms with E-state index >= 15 is 0 Å². The van der Waals surface area contributed by atoms with Gasteiger partial charge in [0, 0.05) is 5.92 Å². The molecule has 1 nitrogen and oxygen atoms in total. The Hall–Kier alpha value is -0.630. The molecule has 0 saturated heterocycles. The molecule has 0 aromatic carbocycles. The maximum Gasteiger partial charge on any atom is 0.176 e. The molecule has 2 rings (SSSR count). The van der Waals surface area contributed by atoms with E-state index in [1.54, 1.807) is 11.3 Å². The summed E-state index contributed by atoms with van der Waals surface area (Å²) in [6, 6.07) is 2.03. The van der Waals surface area contributed by atoms with E-state index in [9.17, 15) is 4.79 Å². The third-order valence-corrected chi connectivity index (χ3v) is 3.90. The standard InChI is InChI=1S/C11H14OS/c1-3-8-6-9(8)10(12)11-7(2)4-5-13-11/h4-5,8-9H,3,6H2,1-2H3/t8-,9-/m1/s1. The quantitative estimate of drug-likeness (QED) is 0.675. The Kier molecular flexibility index (Phi) is 2.24. The van der Waals surface area contributed by atoms with E-state index in [0.29, 0.717) is 17.6 Å². The third kappa shape index (κ3) is 1.55. The number of aryl methyl sites for hydroxylation is 1. The van der Waals surface area contributed by atoms with E-state index in [1.807, 2.05) is 18.4 Å². The molecule has 1 aliphatic carbocycles. The number of carbonyl (C=O) groups excluding carboxylic acids is 1. The Morgan fingerprint density at radius 1 is 1.69 bits per heavy atom. The molecule has 0 radical (unpaired) electrons. The summed E-state index contributed by atoms with van der Waals surface area (Å²) in [5.74, 6) is 1.41. The van der Waals surface area contributed by atoms with Gasteiger partial charge in [-0.3, -0.25) is 4.79 Å². The van der Waals surface area contributed by atoms with Crippen LogP contribution < -0.4 is 0 Å². The Balaban J connectivity index is 2.11. The normalized spacial score (nSPS) is 26.0. The second kappa shape index (κ2) is 3.26. The zero-order valence-electron chi connectivity index (χ0n) is 8.04. The predicted octanol–water partition coefficient (Wildman–Crippen LogP) is 3.29. The van der Waals surface area contributed by atoms with Crippen LogP contribution in [0.25, 0.3) is 0 Å². The van der Waals surface area contributed by atoms with Crippen molar-refractivity contribution in [3.05, 3.63) is 21.9 Å². The van der Waals surface area contributed by atoms with E-state index in [0.717, 1.165) is 23.3 Å². The predicted molar refractivity (Wildman–Crippen MR) is 55.3 cm³/mol. The van der Waals surface area contributed by atoms with Gasteiger partial charge in [0.05, 0.1) is 4.88 Å². The number of hydrogen-bond donors (Lipinski definition) is 0. The first-order valence-electron chi connectivity index (χ1n) is 4.82. The summed E-state index contributed by atoms with van der Waals surface area (Å²) in [6.07, 6.45) is 2.27. The molecule has 0 aliphatic heterocycles. The van der Waals surface area contributed by atoms with Crippen molar-refractivity contribution >= 4 is 17.1 Å². The Morgan fingerprint density at radius 3 is 2.92 bits per heavy atom. The van der Waals surface area contributed by atoms with E-state index in [1.165, 1.54) is 0 Å². The fourth-order valence-electron chi connectivity index (χ4n) is 1.81. The summed E-state index contributed by atoms with van der Waals surface area (Å²) in [5.41, 5.74) is 1.15. The van der Waals surface area contributed by atoms with E-state index in [2.05, 4.69) is 6.92 Å². The zero-order valence-corrected chi connectivity index (χ0v) is 8.86. The highest BCUT2D eigenvalue weighted by atomic mass is 32.1. The lowest BCUT2D eigenvalue weighted by Gasteiger charge is -1.96. The van der Waals surface area contributed by atoms with Crippen LogP contribution in [0.5, 0.6) is 0 Å². The van der Waals surface area contributed by atoms with Crippen LogP contribution in [0.4, 0.5) is 0 Å². The first-order valence-corrected chi connectivity index (χ1v) is 5.70. The summed E-state index contributed by atoms with van der Waals surface area (Å²) >= 11 is 1.59. The van der Waals surface area contributed by atoms with Crippen LogP contribution in [0.3, 0.4) is 0 Å². The lowest BCUT2D eigenvalue weighted by atomic mass is 10.1. The van der Waals surface area contributed by atoms with Gasteiger partial charge < -0.3 is 0 Å². The van der Waals surface area contributed by atoms with Crippen LogP contribution in [0, 0.1) is 18.8 Å². The van der Waals surface area contributed by atoms with Gasteiger partial charge in [-0.05, 0) is 36.3 Å². The summed E-state index contributed by atoms with van der Waals surface area (Å²) < 4.78 is 0. The average molecular weight is 194 g/mol. The number of rotatable bonds is 3. The SMILES string of the molecule is CC[C@@H]1C[C@H]1C(=O)c1sccc1C. The molecule has 0 unspecified atom stereocenters. The van der Waals surface area contributed by atoms with Crippen LogP contribution >= 0.6 is 11.3 Å². The number of carbonyl (C=O) groups is 1. The molecule has 2 atom stereocenters. The monoisotopic (exact) mass is 194 g/mol. The highest BCUT2D eigenvalue weighted by Gasteiger charge is 2.42. The van der Waals surface area contributed by atoms with Crippen LogP contribution in [-0.4, -0.2) is 5.78 Å². The largest absolute Gasteiger partial charge is 0.293 e. The Bertz CT molecular complexity index is 327. The second-order valence-electron chi connectivity index (χ2n) is 3.81. The van der Waals surface area contributed by atoms with Crippen LogP contribution in [-0.2, 0) is 0 Å². The highest BCUT2D eigenvalue weighted by Crippen LogP contribution is 2.44. The molecule has 1 aliphatic rings. The number of hydrogen-bond acceptors (Lipinski definition) is 2. The molecule has 1 heterocycles. The van der Waals surface area contributed by atoms with Crippen LogP contribution in [0.1, 0.15) is 35.0 Å². The van der Waals surface area contributed by atoms with E-state index in [4.69, 9.17) is 0 Å². The summed E-state index contributed by atoms with van der Waals surface area (Å²) in [4.78, 5) is 12.9.